The van der Waals surface area contributed by atoms with Gasteiger partial charge in [0.25, 0.3) is 0 Å². The Bertz CT molecular complexity index is 759. The molecule has 0 aliphatic heterocycles. The van der Waals surface area contributed by atoms with Crippen LogP contribution < -0.4 is 5.43 Å². The molecule has 1 N–H and O–H groups in total. The number of halogens is 1. The first-order valence-corrected chi connectivity index (χ1v) is 5.99. The minimum absolute atomic E-state index is 0.0274. The Morgan fingerprint density at radius 3 is 2.39 bits per heavy atom. The summed E-state index contributed by atoms with van der Waals surface area (Å²) in [5, 5.41) is 1.40. The van der Waals surface area contributed by atoms with Crippen LogP contribution in [0.3, 0.4) is 0 Å². The first-order valence-electron chi connectivity index (χ1n) is 5.61. The predicted molar refractivity (Wildman–Crippen MR) is 75.0 cm³/mol. The van der Waals surface area contributed by atoms with Gasteiger partial charge in [0, 0.05) is 28.2 Å². The lowest BCUT2D eigenvalue weighted by molar-refractivity contribution is 1.39. The topological polar surface area (TPSA) is 32.9 Å². The van der Waals surface area contributed by atoms with Crippen molar-refractivity contribution in [3.05, 3.63) is 70.0 Å². The van der Waals surface area contributed by atoms with Crippen molar-refractivity contribution in [2.45, 2.75) is 0 Å². The number of aromatic amines is 1. The van der Waals surface area contributed by atoms with Crippen molar-refractivity contribution in [3.63, 3.8) is 0 Å². The Morgan fingerprint density at radius 2 is 1.61 bits per heavy atom. The second kappa shape index (κ2) is 4.31. The van der Waals surface area contributed by atoms with E-state index in [4.69, 9.17) is 11.6 Å². The van der Waals surface area contributed by atoms with Gasteiger partial charge in [0.05, 0.1) is 0 Å². The van der Waals surface area contributed by atoms with Crippen LogP contribution in [0.25, 0.3) is 22.0 Å². The smallest absolute Gasteiger partial charge is 0.189 e. The molecule has 2 aromatic carbocycles. The fourth-order valence-electron chi connectivity index (χ4n) is 1.99. The minimum atomic E-state index is 0.0274. The zero-order valence-corrected chi connectivity index (χ0v) is 10.2. The van der Waals surface area contributed by atoms with Crippen LogP contribution in [0.5, 0.6) is 0 Å². The van der Waals surface area contributed by atoms with Gasteiger partial charge in [-0.25, -0.2) is 0 Å². The highest BCUT2D eigenvalue weighted by Crippen LogP contribution is 2.23. The van der Waals surface area contributed by atoms with Crippen molar-refractivity contribution < 1.29 is 0 Å². The second-order valence-corrected chi connectivity index (χ2v) is 4.55. The molecule has 1 heterocycles. The molecule has 0 amide bonds. The van der Waals surface area contributed by atoms with Gasteiger partial charge in [-0.05, 0) is 35.4 Å². The fourth-order valence-corrected chi connectivity index (χ4v) is 2.12. The zero-order chi connectivity index (χ0) is 12.5. The van der Waals surface area contributed by atoms with Gasteiger partial charge in [-0.2, -0.15) is 0 Å². The molecule has 18 heavy (non-hydrogen) atoms. The third kappa shape index (κ3) is 1.91. The largest absolute Gasteiger partial charge is 0.361 e. The van der Waals surface area contributed by atoms with Gasteiger partial charge in [0.2, 0.25) is 0 Å². The summed E-state index contributed by atoms with van der Waals surface area (Å²) in [5.74, 6) is 0. The summed E-state index contributed by atoms with van der Waals surface area (Å²) in [7, 11) is 0. The van der Waals surface area contributed by atoms with Crippen LogP contribution in [0.15, 0.2) is 59.5 Å². The van der Waals surface area contributed by atoms with Crippen molar-refractivity contribution in [2.24, 2.45) is 0 Å². The molecule has 2 nitrogen and oxygen atoms in total. The molecule has 0 unspecified atom stereocenters. The van der Waals surface area contributed by atoms with E-state index in [0.29, 0.717) is 10.4 Å². The molecule has 3 rings (SSSR count). The molecule has 0 atom stereocenters. The quantitative estimate of drug-likeness (QED) is 0.704. The van der Waals surface area contributed by atoms with Crippen LogP contribution in [-0.2, 0) is 0 Å². The fraction of sp³-hybridized carbons (Fsp3) is 0. The van der Waals surface area contributed by atoms with Crippen LogP contribution in [0.2, 0.25) is 5.02 Å². The lowest BCUT2D eigenvalue weighted by Crippen LogP contribution is -1.99. The Morgan fingerprint density at radius 1 is 0.889 bits per heavy atom. The lowest BCUT2D eigenvalue weighted by Gasteiger charge is -2.03. The summed E-state index contributed by atoms with van der Waals surface area (Å²) in [4.78, 5) is 14.8. The summed E-state index contributed by atoms with van der Waals surface area (Å²) in [6, 6.07) is 14.9. The van der Waals surface area contributed by atoms with Crippen LogP contribution in [0, 0.1) is 0 Å². The summed E-state index contributed by atoms with van der Waals surface area (Å²) in [6.07, 6.45) is 1.66. The average molecular weight is 256 g/mol. The number of aromatic nitrogens is 1. The summed E-state index contributed by atoms with van der Waals surface area (Å²) in [5.41, 5.74) is 2.93. The van der Waals surface area contributed by atoms with Crippen molar-refractivity contribution in [1.82, 2.24) is 4.98 Å². The molecule has 0 saturated heterocycles. The monoisotopic (exact) mass is 255 g/mol. The van der Waals surface area contributed by atoms with Crippen molar-refractivity contribution in [1.29, 1.82) is 0 Å². The summed E-state index contributed by atoms with van der Waals surface area (Å²) >= 11 is 5.86. The average Bonchev–Trinajstić information content (AvgIpc) is 2.40. The van der Waals surface area contributed by atoms with Crippen molar-refractivity contribution in [3.8, 4) is 11.1 Å². The Kier molecular flexibility index (Phi) is 2.65. The highest BCUT2D eigenvalue weighted by molar-refractivity contribution is 6.30. The van der Waals surface area contributed by atoms with Crippen molar-refractivity contribution >= 4 is 22.5 Å². The number of rotatable bonds is 1. The molecular formula is C15H10ClNO. The number of pyridine rings is 1. The third-order valence-corrected chi connectivity index (χ3v) is 3.19. The number of hydrogen-bond acceptors (Lipinski definition) is 1. The Balaban J connectivity index is 2.22. The zero-order valence-electron chi connectivity index (χ0n) is 9.48. The van der Waals surface area contributed by atoms with Crippen LogP contribution in [0.4, 0.5) is 0 Å². The van der Waals surface area contributed by atoms with E-state index in [2.05, 4.69) is 4.98 Å². The van der Waals surface area contributed by atoms with E-state index in [1.54, 1.807) is 6.20 Å². The number of benzene rings is 2. The molecule has 0 fully saturated rings. The molecular weight excluding hydrogens is 246 g/mol. The third-order valence-electron chi connectivity index (χ3n) is 2.94. The van der Waals surface area contributed by atoms with E-state index in [1.165, 1.54) is 6.07 Å². The molecule has 0 aliphatic rings. The van der Waals surface area contributed by atoms with Gasteiger partial charge >= 0.3 is 0 Å². The molecule has 3 heteroatoms. The van der Waals surface area contributed by atoms with Crippen LogP contribution in [-0.4, -0.2) is 4.98 Å². The second-order valence-electron chi connectivity index (χ2n) is 4.11. The van der Waals surface area contributed by atoms with E-state index in [-0.39, 0.29) is 5.43 Å². The number of H-pyrrole nitrogens is 1. The van der Waals surface area contributed by atoms with Gasteiger partial charge in [0.15, 0.2) is 5.43 Å². The maximum Gasteiger partial charge on any atom is 0.189 e. The van der Waals surface area contributed by atoms with E-state index in [1.807, 2.05) is 42.5 Å². The van der Waals surface area contributed by atoms with E-state index in [9.17, 15) is 4.79 Å². The van der Waals surface area contributed by atoms with Gasteiger partial charge in [0.1, 0.15) is 0 Å². The molecule has 88 valence electrons. The van der Waals surface area contributed by atoms with Crippen molar-refractivity contribution in [2.75, 3.05) is 0 Å². The molecule has 0 bridgehead atoms. The molecule has 0 aliphatic carbocycles. The standard InChI is InChI=1S/C15H10ClNO/c16-12-4-1-10(2-5-12)11-3-6-14-13(9-11)15(18)7-8-17-14/h1-9H,(H,17,18). The lowest BCUT2D eigenvalue weighted by atomic mass is 10.0. The number of nitrogens with one attached hydrogen (secondary N) is 1. The van der Waals surface area contributed by atoms with Crippen LogP contribution >= 0.6 is 11.6 Å². The maximum absolute atomic E-state index is 11.8. The predicted octanol–water partition coefficient (Wildman–Crippen LogP) is 3.85. The van der Waals surface area contributed by atoms with Gasteiger partial charge < -0.3 is 4.98 Å². The van der Waals surface area contributed by atoms with E-state index < -0.39 is 0 Å². The van der Waals surface area contributed by atoms with Crippen LogP contribution in [0.1, 0.15) is 0 Å². The number of hydrogen-bond donors (Lipinski definition) is 1. The van der Waals surface area contributed by atoms with Gasteiger partial charge in [-0.3, -0.25) is 4.79 Å². The summed E-state index contributed by atoms with van der Waals surface area (Å²) < 4.78 is 0. The normalized spacial score (nSPS) is 10.7. The highest BCUT2D eigenvalue weighted by atomic mass is 35.5. The first kappa shape index (κ1) is 11.1. The number of fused-ring (bicyclic) bond motifs is 1. The van der Waals surface area contributed by atoms with E-state index in [0.717, 1.165) is 16.6 Å². The van der Waals surface area contributed by atoms with E-state index >= 15 is 0 Å². The Hall–Kier alpha value is -2.06. The molecule has 1 aromatic heterocycles. The Labute approximate surface area is 109 Å². The highest BCUT2D eigenvalue weighted by Gasteiger charge is 2.02. The van der Waals surface area contributed by atoms with Gasteiger partial charge in [-0.15, -0.1) is 0 Å². The minimum Gasteiger partial charge on any atom is -0.361 e. The molecule has 0 spiro atoms. The molecule has 0 radical (unpaired) electrons. The first-order chi connectivity index (χ1) is 8.74. The maximum atomic E-state index is 11.8. The molecule has 3 aromatic rings. The van der Waals surface area contributed by atoms with Gasteiger partial charge in [-0.1, -0.05) is 29.8 Å². The molecule has 0 saturated carbocycles. The SMILES string of the molecule is O=c1cc[nH]c2ccc(-c3ccc(Cl)cc3)cc12. The summed E-state index contributed by atoms with van der Waals surface area (Å²) in [6.45, 7) is 0.